The number of hydrogen-bond acceptors (Lipinski definition) is 4. The Bertz CT molecular complexity index is 1150. The topological polar surface area (TPSA) is 61.6 Å². The number of nitrogens with one attached hydrogen (secondary N) is 1. The van der Waals surface area contributed by atoms with Crippen molar-refractivity contribution in [2.75, 3.05) is 36.4 Å². The Kier molecular flexibility index (Phi) is 7.08. The number of likely N-dealkylation sites (tertiary alicyclic amines) is 1. The molecule has 6 heteroatoms. The molecule has 1 amide bonds. The number of nitrogens with two attached hydrogens (primary N) is 1. The molecule has 180 valence electrons. The largest absolute Gasteiger partial charge is 0.382 e. The predicted molar refractivity (Wildman–Crippen MR) is 139 cm³/mol. The maximum Gasteiger partial charge on any atom is 0.253 e. The molecule has 3 N–H and O–H groups in total. The molecule has 0 bridgehead atoms. The molecule has 0 saturated carbocycles. The summed E-state index contributed by atoms with van der Waals surface area (Å²) in [5, 5.41) is 3.49. The Morgan fingerprint density at radius 1 is 1.18 bits per heavy atom. The Labute approximate surface area is 202 Å². The van der Waals surface area contributed by atoms with Crippen molar-refractivity contribution in [3.8, 4) is 0 Å². The smallest absolute Gasteiger partial charge is 0.253 e. The van der Waals surface area contributed by atoms with Gasteiger partial charge in [-0.2, -0.15) is 0 Å². The zero-order valence-electron chi connectivity index (χ0n) is 20.6. The summed E-state index contributed by atoms with van der Waals surface area (Å²) in [5.41, 5.74) is 13.9. The lowest BCUT2D eigenvalue weighted by Crippen LogP contribution is -2.45. The number of halogens is 1. The number of rotatable bonds is 4. The molecule has 4 rings (SSSR count). The average molecular weight is 463 g/mol. The maximum absolute atomic E-state index is 13.8. The Hall–Kier alpha value is -3.12. The minimum Gasteiger partial charge on any atom is -0.382 e. The SMILES string of the molecule is C/C=C(/C(C)=C/c1cc(F)ccc1C)N1CCNc2cc(C(=O)N3CCCC(N)C3)cc(C)c21. The third-order valence-electron chi connectivity index (χ3n) is 6.79. The average Bonchev–Trinajstić information content (AvgIpc) is 2.81. The van der Waals surface area contributed by atoms with Crippen LogP contribution < -0.4 is 16.0 Å². The number of carbonyl (C=O) groups is 1. The summed E-state index contributed by atoms with van der Waals surface area (Å²) in [6, 6.07) is 8.89. The third kappa shape index (κ3) is 4.87. The molecule has 34 heavy (non-hydrogen) atoms. The normalized spacial score (nSPS) is 19.1. The van der Waals surface area contributed by atoms with Gasteiger partial charge in [0.15, 0.2) is 0 Å². The first kappa shape index (κ1) is 24.0. The second-order valence-corrected chi connectivity index (χ2v) is 9.42. The molecule has 1 saturated heterocycles. The number of carbonyl (C=O) groups excluding carboxylic acids is 1. The van der Waals surface area contributed by atoms with Crippen LogP contribution in [-0.2, 0) is 0 Å². The highest BCUT2D eigenvalue weighted by atomic mass is 19.1. The minimum absolute atomic E-state index is 0.0453. The van der Waals surface area contributed by atoms with Gasteiger partial charge >= 0.3 is 0 Å². The van der Waals surface area contributed by atoms with Gasteiger partial charge in [-0.1, -0.05) is 12.1 Å². The van der Waals surface area contributed by atoms with Crippen LogP contribution >= 0.6 is 0 Å². The van der Waals surface area contributed by atoms with Gasteiger partial charge in [-0.05, 0) is 93.1 Å². The molecule has 1 atom stereocenters. The molecule has 2 heterocycles. The molecule has 1 fully saturated rings. The molecule has 2 aliphatic rings. The lowest BCUT2D eigenvalue weighted by molar-refractivity contribution is 0.0709. The van der Waals surface area contributed by atoms with Gasteiger partial charge in [0.25, 0.3) is 5.91 Å². The third-order valence-corrected chi connectivity index (χ3v) is 6.79. The highest BCUT2D eigenvalue weighted by Gasteiger charge is 2.27. The molecule has 2 aliphatic heterocycles. The summed E-state index contributed by atoms with van der Waals surface area (Å²) in [6.45, 7) is 11.1. The van der Waals surface area contributed by atoms with Gasteiger partial charge in [0, 0.05) is 43.5 Å². The van der Waals surface area contributed by atoms with Crippen LogP contribution in [0.15, 0.2) is 47.7 Å². The standard InChI is InChI=1S/C28H35FN4O/c1-5-26(19(3)13-21-15-23(29)9-8-18(21)2)33-12-10-31-25-16-22(14-20(4)27(25)33)28(34)32-11-6-7-24(30)17-32/h5,8-9,13-16,24,31H,6-7,10-12,17,30H2,1-4H3/b19-13+,26-5-. The number of amides is 1. The zero-order valence-corrected chi connectivity index (χ0v) is 20.6. The van der Waals surface area contributed by atoms with E-state index in [9.17, 15) is 9.18 Å². The molecule has 1 unspecified atom stereocenters. The van der Waals surface area contributed by atoms with Gasteiger partial charge in [0.05, 0.1) is 11.4 Å². The van der Waals surface area contributed by atoms with Crippen molar-refractivity contribution in [2.24, 2.45) is 5.73 Å². The summed E-state index contributed by atoms with van der Waals surface area (Å²) in [5.74, 6) is -0.189. The first-order valence-corrected chi connectivity index (χ1v) is 12.1. The summed E-state index contributed by atoms with van der Waals surface area (Å²) < 4.78 is 13.8. The van der Waals surface area contributed by atoms with Gasteiger partial charge < -0.3 is 20.9 Å². The van der Waals surface area contributed by atoms with Crippen molar-refractivity contribution in [3.05, 3.63) is 75.7 Å². The van der Waals surface area contributed by atoms with Crippen molar-refractivity contribution in [2.45, 2.75) is 46.6 Å². The van der Waals surface area contributed by atoms with Crippen LogP contribution in [0.2, 0.25) is 0 Å². The van der Waals surface area contributed by atoms with Crippen LogP contribution in [0.4, 0.5) is 15.8 Å². The summed E-state index contributed by atoms with van der Waals surface area (Å²) >= 11 is 0. The molecular formula is C28H35FN4O. The lowest BCUT2D eigenvalue weighted by Gasteiger charge is -2.36. The number of aryl methyl sites for hydroxylation is 2. The first-order chi connectivity index (χ1) is 16.3. The van der Waals surface area contributed by atoms with Gasteiger partial charge in [-0.25, -0.2) is 4.39 Å². The molecule has 0 aromatic heterocycles. The van der Waals surface area contributed by atoms with Crippen LogP contribution in [0.5, 0.6) is 0 Å². The van der Waals surface area contributed by atoms with Gasteiger partial charge in [-0.15, -0.1) is 0 Å². The molecule has 5 nitrogen and oxygen atoms in total. The van der Waals surface area contributed by atoms with Crippen LogP contribution in [-0.4, -0.2) is 43.0 Å². The van der Waals surface area contributed by atoms with E-state index in [1.807, 2.05) is 43.0 Å². The minimum atomic E-state index is -0.234. The number of nitrogens with zero attached hydrogens (tertiary/aromatic N) is 2. The van der Waals surface area contributed by atoms with E-state index in [-0.39, 0.29) is 17.8 Å². The molecule has 2 aromatic carbocycles. The van der Waals surface area contributed by atoms with Crippen molar-refractivity contribution in [3.63, 3.8) is 0 Å². The van der Waals surface area contributed by atoms with Crippen LogP contribution in [0.3, 0.4) is 0 Å². The van der Waals surface area contributed by atoms with Crippen LogP contribution in [0, 0.1) is 19.7 Å². The Morgan fingerprint density at radius 2 is 1.97 bits per heavy atom. The van der Waals surface area contributed by atoms with E-state index in [1.165, 1.54) is 6.07 Å². The van der Waals surface area contributed by atoms with Crippen molar-refractivity contribution in [1.82, 2.24) is 4.90 Å². The van der Waals surface area contributed by atoms with Gasteiger partial charge in [0.2, 0.25) is 0 Å². The van der Waals surface area contributed by atoms with E-state index in [1.54, 1.807) is 6.07 Å². The number of piperidine rings is 1. The zero-order chi connectivity index (χ0) is 24.4. The quantitative estimate of drug-likeness (QED) is 0.610. The van der Waals surface area contributed by atoms with Crippen LogP contribution in [0.25, 0.3) is 6.08 Å². The lowest BCUT2D eigenvalue weighted by atomic mass is 9.99. The molecular weight excluding hydrogens is 427 g/mol. The fraction of sp³-hybridized carbons (Fsp3) is 0.393. The first-order valence-electron chi connectivity index (χ1n) is 12.1. The second kappa shape index (κ2) is 10.0. The number of anilines is 2. The Balaban J connectivity index is 1.66. The molecule has 2 aromatic rings. The number of hydrogen-bond donors (Lipinski definition) is 2. The van der Waals surface area contributed by atoms with E-state index in [0.717, 1.165) is 71.8 Å². The highest BCUT2D eigenvalue weighted by Crippen LogP contribution is 2.38. The van der Waals surface area contributed by atoms with Gasteiger partial charge in [0.1, 0.15) is 5.82 Å². The van der Waals surface area contributed by atoms with Crippen molar-refractivity contribution < 1.29 is 9.18 Å². The highest BCUT2D eigenvalue weighted by molar-refractivity contribution is 5.97. The van der Waals surface area contributed by atoms with Crippen molar-refractivity contribution >= 4 is 23.4 Å². The molecule has 0 radical (unpaired) electrons. The summed E-state index contributed by atoms with van der Waals surface area (Å²) in [7, 11) is 0. The Morgan fingerprint density at radius 3 is 2.71 bits per heavy atom. The van der Waals surface area contributed by atoms with E-state index >= 15 is 0 Å². The second-order valence-electron chi connectivity index (χ2n) is 9.42. The van der Waals surface area contributed by atoms with E-state index in [4.69, 9.17) is 5.73 Å². The number of fused-ring (bicyclic) bond motifs is 1. The monoisotopic (exact) mass is 462 g/mol. The maximum atomic E-state index is 13.8. The fourth-order valence-electron chi connectivity index (χ4n) is 5.10. The summed E-state index contributed by atoms with van der Waals surface area (Å²) in [6.07, 6.45) is 6.06. The van der Waals surface area contributed by atoms with E-state index < -0.39 is 0 Å². The fourth-order valence-corrected chi connectivity index (χ4v) is 5.10. The van der Waals surface area contributed by atoms with Gasteiger partial charge in [-0.3, -0.25) is 4.79 Å². The van der Waals surface area contributed by atoms with E-state index in [0.29, 0.717) is 12.1 Å². The number of benzene rings is 2. The summed E-state index contributed by atoms with van der Waals surface area (Å²) in [4.78, 5) is 17.4. The molecule has 0 aliphatic carbocycles. The van der Waals surface area contributed by atoms with Crippen LogP contribution in [0.1, 0.15) is 53.7 Å². The predicted octanol–water partition coefficient (Wildman–Crippen LogP) is 5.25. The van der Waals surface area contributed by atoms with Crippen molar-refractivity contribution in [1.29, 1.82) is 0 Å². The van der Waals surface area contributed by atoms with E-state index in [2.05, 4.69) is 30.1 Å². The number of allylic oxidation sites excluding steroid dienone is 2. The molecule has 0 spiro atoms.